The highest BCUT2D eigenvalue weighted by atomic mass is 35.5. The van der Waals surface area contributed by atoms with E-state index in [0.29, 0.717) is 17.0 Å². The van der Waals surface area contributed by atoms with Crippen molar-refractivity contribution in [1.29, 1.82) is 0 Å². The number of sulfonamides is 1. The number of anilines is 1. The quantitative estimate of drug-likeness (QED) is 0.371. The highest BCUT2D eigenvalue weighted by Gasteiger charge is 2.33. The molecule has 0 bridgehead atoms. The molecule has 0 aliphatic carbocycles. The number of hydrogen-bond acceptors (Lipinski definition) is 4. The van der Waals surface area contributed by atoms with E-state index < -0.39 is 34.1 Å². The first-order valence-corrected chi connectivity index (χ1v) is 14.4. The van der Waals surface area contributed by atoms with E-state index in [9.17, 15) is 18.0 Å². The summed E-state index contributed by atoms with van der Waals surface area (Å²) in [6, 6.07) is 8.55. The van der Waals surface area contributed by atoms with E-state index in [4.69, 9.17) is 46.4 Å². The average molecular weight is 597 g/mol. The zero-order chi connectivity index (χ0) is 27.4. The van der Waals surface area contributed by atoms with Crippen LogP contribution in [0.1, 0.15) is 39.7 Å². The van der Waals surface area contributed by atoms with E-state index in [0.717, 1.165) is 10.6 Å². The molecule has 7 nitrogen and oxygen atoms in total. The Hall–Kier alpha value is -1.71. The van der Waals surface area contributed by atoms with Crippen molar-refractivity contribution in [3.8, 4) is 0 Å². The van der Waals surface area contributed by atoms with Gasteiger partial charge >= 0.3 is 0 Å². The van der Waals surface area contributed by atoms with Crippen LogP contribution in [0.2, 0.25) is 20.1 Å². The number of nitrogens with one attached hydrogen (secondary N) is 1. The first kappa shape index (κ1) is 30.5. The van der Waals surface area contributed by atoms with Gasteiger partial charge in [-0.25, -0.2) is 8.42 Å². The fourth-order valence-electron chi connectivity index (χ4n) is 3.46. The van der Waals surface area contributed by atoms with Crippen LogP contribution in [-0.4, -0.2) is 49.5 Å². The molecule has 0 saturated heterocycles. The van der Waals surface area contributed by atoms with E-state index in [1.165, 1.54) is 17.0 Å². The lowest BCUT2D eigenvalue weighted by Crippen LogP contribution is -2.55. The molecule has 0 spiro atoms. The Morgan fingerprint density at radius 1 is 0.972 bits per heavy atom. The Morgan fingerprint density at radius 2 is 1.53 bits per heavy atom. The second-order valence-corrected chi connectivity index (χ2v) is 12.9. The molecule has 12 heteroatoms. The summed E-state index contributed by atoms with van der Waals surface area (Å²) in [7, 11) is -3.98. The summed E-state index contributed by atoms with van der Waals surface area (Å²) >= 11 is 24.4. The SMILES string of the molecule is CC[C@@H](C(=O)NC(C)(C)C)N(Cc1ccc(Cl)cc1)C(=O)CN(c1cc(Cl)c(Cl)cc1Cl)S(C)(=O)=O. The first-order chi connectivity index (χ1) is 16.5. The summed E-state index contributed by atoms with van der Waals surface area (Å²) < 4.78 is 26.3. The third kappa shape index (κ3) is 8.42. The molecule has 0 aliphatic rings. The minimum absolute atomic E-state index is 0.000510. The lowest BCUT2D eigenvalue weighted by molar-refractivity contribution is -0.141. The average Bonchev–Trinajstić information content (AvgIpc) is 2.74. The van der Waals surface area contributed by atoms with Crippen molar-refractivity contribution in [2.45, 2.75) is 52.2 Å². The second kappa shape index (κ2) is 12.2. The third-order valence-electron chi connectivity index (χ3n) is 5.09. The van der Waals surface area contributed by atoms with Crippen LogP contribution in [0, 0.1) is 0 Å². The largest absolute Gasteiger partial charge is 0.350 e. The fourth-order valence-corrected chi connectivity index (χ4v) is 5.13. The van der Waals surface area contributed by atoms with E-state index in [-0.39, 0.29) is 33.2 Å². The lowest BCUT2D eigenvalue weighted by Gasteiger charge is -2.34. The fraction of sp³-hybridized carbons (Fsp3) is 0.417. The van der Waals surface area contributed by atoms with Crippen molar-refractivity contribution in [2.75, 3.05) is 17.1 Å². The van der Waals surface area contributed by atoms with Gasteiger partial charge in [0.05, 0.1) is 27.0 Å². The number of benzene rings is 2. The molecule has 0 radical (unpaired) electrons. The van der Waals surface area contributed by atoms with E-state index in [1.807, 2.05) is 20.8 Å². The van der Waals surface area contributed by atoms with E-state index >= 15 is 0 Å². The number of hydrogen-bond donors (Lipinski definition) is 1. The predicted octanol–water partition coefficient (Wildman–Crippen LogP) is 5.79. The van der Waals surface area contributed by atoms with Crippen molar-refractivity contribution >= 4 is 73.9 Å². The highest BCUT2D eigenvalue weighted by molar-refractivity contribution is 7.92. The summed E-state index contributed by atoms with van der Waals surface area (Å²) in [6.07, 6.45) is 1.25. The van der Waals surface area contributed by atoms with Gasteiger partial charge in [-0.3, -0.25) is 13.9 Å². The van der Waals surface area contributed by atoms with Crippen molar-refractivity contribution in [3.05, 3.63) is 62.1 Å². The van der Waals surface area contributed by atoms with E-state index in [2.05, 4.69) is 5.32 Å². The maximum atomic E-state index is 13.7. The second-order valence-electron chi connectivity index (χ2n) is 9.30. The number of amides is 2. The maximum absolute atomic E-state index is 13.7. The Bertz CT molecular complexity index is 1220. The van der Waals surface area contributed by atoms with Crippen LogP contribution in [0.5, 0.6) is 0 Å². The molecule has 198 valence electrons. The molecule has 36 heavy (non-hydrogen) atoms. The Balaban J connectivity index is 2.52. The Morgan fingerprint density at radius 3 is 2.03 bits per heavy atom. The van der Waals surface area contributed by atoms with Gasteiger partial charge in [0.1, 0.15) is 12.6 Å². The molecule has 0 aromatic heterocycles. The molecule has 0 unspecified atom stereocenters. The minimum atomic E-state index is -3.98. The Kier molecular flexibility index (Phi) is 10.4. The molecule has 1 atom stereocenters. The Labute approximate surface area is 232 Å². The highest BCUT2D eigenvalue weighted by Crippen LogP contribution is 2.35. The number of rotatable bonds is 9. The molecule has 0 saturated carbocycles. The molecule has 2 aromatic rings. The monoisotopic (exact) mass is 595 g/mol. The molecule has 0 heterocycles. The van der Waals surface area contributed by atoms with Gasteiger partial charge in [-0.1, -0.05) is 65.5 Å². The van der Waals surface area contributed by atoms with Crippen molar-refractivity contribution < 1.29 is 18.0 Å². The van der Waals surface area contributed by atoms with E-state index in [1.54, 1.807) is 31.2 Å². The number of carbonyl (C=O) groups is 2. The van der Waals surface area contributed by atoms with Gasteiger partial charge in [-0.15, -0.1) is 0 Å². The van der Waals surface area contributed by atoms with Crippen molar-refractivity contribution in [3.63, 3.8) is 0 Å². The first-order valence-electron chi connectivity index (χ1n) is 11.0. The van der Waals surface area contributed by atoms with Crippen LogP contribution in [0.25, 0.3) is 0 Å². The molecular formula is C24H29Cl4N3O4S. The molecule has 0 fully saturated rings. The van der Waals surface area contributed by atoms with Crippen LogP contribution in [0.4, 0.5) is 5.69 Å². The zero-order valence-corrected chi connectivity index (χ0v) is 24.5. The summed E-state index contributed by atoms with van der Waals surface area (Å²) in [5, 5.41) is 3.64. The minimum Gasteiger partial charge on any atom is -0.350 e. The van der Waals surface area contributed by atoms with Crippen LogP contribution in [-0.2, 0) is 26.2 Å². The van der Waals surface area contributed by atoms with Crippen LogP contribution in [0.3, 0.4) is 0 Å². The van der Waals surface area contributed by atoms with Gasteiger partial charge in [0.25, 0.3) is 0 Å². The van der Waals surface area contributed by atoms with Crippen LogP contribution in [0.15, 0.2) is 36.4 Å². The number of halogens is 4. The summed E-state index contributed by atoms with van der Waals surface area (Å²) in [6.45, 7) is 6.73. The number of carbonyl (C=O) groups excluding carboxylic acids is 2. The van der Waals surface area contributed by atoms with Gasteiger partial charge in [-0.2, -0.15) is 0 Å². The van der Waals surface area contributed by atoms with Gasteiger partial charge in [0.15, 0.2) is 0 Å². The third-order valence-corrected chi connectivity index (χ3v) is 7.49. The molecule has 1 N–H and O–H groups in total. The van der Waals surface area contributed by atoms with Gasteiger partial charge in [-0.05, 0) is 57.0 Å². The summed E-state index contributed by atoms with van der Waals surface area (Å²) in [5.74, 6) is -0.959. The normalized spacial score (nSPS) is 12.7. The lowest BCUT2D eigenvalue weighted by atomic mass is 10.1. The topological polar surface area (TPSA) is 86.8 Å². The number of nitrogens with zero attached hydrogens (tertiary/aromatic N) is 2. The van der Waals surface area contributed by atoms with Gasteiger partial charge in [0.2, 0.25) is 21.8 Å². The van der Waals surface area contributed by atoms with Crippen LogP contribution < -0.4 is 9.62 Å². The van der Waals surface area contributed by atoms with Gasteiger partial charge in [0, 0.05) is 17.1 Å². The molecule has 2 aromatic carbocycles. The summed E-state index contributed by atoms with van der Waals surface area (Å²) in [5.41, 5.74) is 0.181. The molecule has 0 aliphatic heterocycles. The standard InChI is InChI=1S/C24H29Cl4N3O4S/c1-6-20(23(33)29-24(2,3)4)30(13-15-7-9-16(25)10-8-15)22(32)14-31(36(5,34)35)21-12-18(27)17(26)11-19(21)28/h7-12,20H,6,13-14H2,1-5H3,(H,29,33)/t20-/m0/s1. The van der Waals surface area contributed by atoms with Gasteiger partial charge < -0.3 is 10.2 Å². The molecule has 2 rings (SSSR count). The predicted molar refractivity (Wildman–Crippen MR) is 148 cm³/mol. The zero-order valence-electron chi connectivity index (χ0n) is 20.6. The smallest absolute Gasteiger partial charge is 0.244 e. The maximum Gasteiger partial charge on any atom is 0.244 e. The van der Waals surface area contributed by atoms with Crippen molar-refractivity contribution in [1.82, 2.24) is 10.2 Å². The molecule has 2 amide bonds. The molecular weight excluding hydrogens is 568 g/mol. The van der Waals surface area contributed by atoms with Crippen molar-refractivity contribution in [2.24, 2.45) is 0 Å². The van der Waals surface area contributed by atoms with Crippen LogP contribution >= 0.6 is 46.4 Å². The summed E-state index contributed by atoms with van der Waals surface area (Å²) in [4.78, 5) is 28.2.